The molecule has 0 unspecified atom stereocenters. The number of hydrogen-bond donors (Lipinski definition) is 2. The normalized spacial score (nSPS) is 10.6. The van der Waals surface area contributed by atoms with E-state index in [2.05, 4.69) is 39.0 Å². The highest BCUT2D eigenvalue weighted by Gasteiger charge is 2.11. The number of hydrogen-bond acceptors (Lipinski definition) is 3. The Labute approximate surface area is 128 Å². The van der Waals surface area contributed by atoms with Gasteiger partial charge in [-0.3, -0.25) is 0 Å². The minimum Gasteiger partial charge on any atom is -0.395 e. The average Bonchev–Trinajstić information content (AvgIpc) is 2.48. The summed E-state index contributed by atoms with van der Waals surface area (Å²) >= 11 is 3.50. The van der Waals surface area contributed by atoms with E-state index in [1.807, 2.05) is 30.3 Å². The van der Waals surface area contributed by atoms with Crippen molar-refractivity contribution in [3.63, 3.8) is 0 Å². The molecule has 4 heteroatoms. The summed E-state index contributed by atoms with van der Waals surface area (Å²) in [4.78, 5) is 2.16. The van der Waals surface area contributed by atoms with E-state index in [1.165, 1.54) is 5.56 Å². The van der Waals surface area contributed by atoms with Crippen LogP contribution in [0.15, 0.2) is 53.0 Å². The van der Waals surface area contributed by atoms with E-state index in [-0.39, 0.29) is 6.61 Å². The number of benzene rings is 2. The molecule has 0 saturated carbocycles. The van der Waals surface area contributed by atoms with Crippen LogP contribution in [0.4, 0.5) is 5.69 Å². The fourth-order valence-electron chi connectivity index (χ4n) is 2.21. The molecule has 0 heterocycles. The number of halogens is 1. The zero-order chi connectivity index (χ0) is 14.4. The van der Waals surface area contributed by atoms with E-state index in [0.717, 1.165) is 22.3 Å². The van der Waals surface area contributed by atoms with Crippen molar-refractivity contribution in [1.29, 1.82) is 0 Å². The van der Waals surface area contributed by atoms with Gasteiger partial charge >= 0.3 is 0 Å². The molecule has 2 aromatic carbocycles. The summed E-state index contributed by atoms with van der Waals surface area (Å²) in [7, 11) is 0. The first-order chi connectivity index (χ1) is 9.74. The zero-order valence-corrected chi connectivity index (χ0v) is 12.9. The number of rotatable bonds is 6. The molecule has 2 rings (SSSR count). The molecule has 3 N–H and O–H groups in total. The van der Waals surface area contributed by atoms with Crippen molar-refractivity contribution in [2.45, 2.75) is 13.1 Å². The molecule has 0 aromatic heterocycles. The Hall–Kier alpha value is -1.36. The molecule has 0 aliphatic rings. The van der Waals surface area contributed by atoms with Crippen molar-refractivity contribution in [3.8, 4) is 0 Å². The largest absolute Gasteiger partial charge is 0.395 e. The van der Waals surface area contributed by atoms with Gasteiger partial charge in [0.15, 0.2) is 0 Å². The first kappa shape index (κ1) is 15.0. The summed E-state index contributed by atoms with van der Waals surface area (Å²) in [5.41, 5.74) is 9.19. The topological polar surface area (TPSA) is 49.5 Å². The monoisotopic (exact) mass is 334 g/mol. The van der Waals surface area contributed by atoms with Crippen LogP contribution >= 0.6 is 15.9 Å². The summed E-state index contributed by atoms with van der Waals surface area (Å²) in [6.45, 7) is 1.94. The van der Waals surface area contributed by atoms with Crippen LogP contribution < -0.4 is 10.6 Å². The molecule has 106 valence electrons. The fourth-order valence-corrected chi connectivity index (χ4v) is 2.56. The first-order valence-electron chi connectivity index (χ1n) is 6.63. The number of nitrogens with two attached hydrogens (primary N) is 1. The predicted octanol–water partition coefficient (Wildman–Crippen LogP) is 2.91. The smallest absolute Gasteiger partial charge is 0.0606 e. The van der Waals surface area contributed by atoms with E-state index in [4.69, 9.17) is 5.73 Å². The van der Waals surface area contributed by atoms with Gasteiger partial charge < -0.3 is 15.7 Å². The third kappa shape index (κ3) is 3.82. The summed E-state index contributed by atoms with van der Waals surface area (Å²) in [5, 5.41) is 9.32. The van der Waals surface area contributed by atoms with Gasteiger partial charge in [-0.25, -0.2) is 0 Å². The molecule has 20 heavy (non-hydrogen) atoms. The molecule has 0 aliphatic carbocycles. The van der Waals surface area contributed by atoms with Crippen LogP contribution in [0, 0.1) is 0 Å². The van der Waals surface area contributed by atoms with Crippen LogP contribution in [0.2, 0.25) is 0 Å². The Morgan fingerprint density at radius 1 is 1.10 bits per heavy atom. The summed E-state index contributed by atoms with van der Waals surface area (Å²) in [5.74, 6) is 0. The van der Waals surface area contributed by atoms with Crippen LogP contribution in [0.5, 0.6) is 0 Å². The second kappa shape index (κ2) is 7.43. The van der Waals surface area contributed by atoms with Crippen molar-refractivity contribution in [3.05, 3.63) is 64.1 Å². The maximum atomic E-state index is 9.32. The van der Waals surface area contributed by atoms with Gasteiger partial charge in [0, 0.05) is 29.8 Å². The van der Waals surface area contributed by atoms with Gasteiger partial charge in [-0.1, -0.05) is 52.3 Å². The lowest BCUT2D eigenvalue weighted by molar-refractivity contribution is 0.301. The molecular weight excluding hydrogens is 316 g/mol. The van der Waals surface area contributed by atoms with E-state index < -0.39 is 0 Å². The minimum absolute atomic E-state index is 0.114. The maximum Gasteiger partial charge on any atom is 0.0606 e. The standard InChI is InChI=1S/C16H19BrN2O/c17-15-7-6-14(11-18)16(10-15)19(8-9-20)12-13-4-2-1-3-5-13/h1-7,10,20H,8-9,11-12,18H2. The van der Waals surface area contributed by atoms with Crippen LogP contribution in [-0.2, 0) is 13.1 Å². The SMILES string of the molecule is NCc1ccc(Br)cc1N(CCO)Cc1ccccc1. The Morgan fingerprint density at radius 3 is 2.50 bits per heavy atom. The molecule has 0 bridgehead atoms. The quantitative estimate of drug-likeness (QED) is 0.853. The van der Waals surface area contributed by atoms with Gasteiger partial charge in [-0.05, 0) is 23.3 Å². The van der Waals surface area contributed by atoms with Gasteiger partial charge in [-0.2, -0.15) is 0 Å². The molecule has 0 amide bonds. The lowest BCUT2D eigenvalue weighted by Crippen LogP contribution is -2.27. The van der Waals surface area contributed by atoms with Crippen LogP contribution in [0.1, 0.15) is 11.1 Å². The van der Waals surface area contributed by atoms with Crippen LogP contribution in [0.3, 0.4) is 0 Å². The van der Waals surface area contributed by atoms with E-state index in [9.17, 15) is 5.11 Å². The average molecular weight is 335 g/mol. The molecule has 0 fully saturated rings. The van der Waals surface area contributed by atoms with Crippen molar-refractivity contribution < 1.29 is 5.11 Å². The summed E-state index contributed by atoms with van der Waals surface area (Å²) in [6.07, 6.45) is 0. The van der Waals surface area contributed by atoms with Gasteiger partial charge in [0.2, 0.25) is 0 Å². The maximum absolute atomic E-state index is 9.32. The van der Waals surface area contributed by atoms with Crippen LogP contribution in [0.25, 0.3) is 0 Å². The molecule has 0 saturated heterocycles. The summed E-state index contributed by atoms with van der Waals surface area (Å²) < 4.78 is 1.01. The van der Waals surface area contributed by atoms with Crippen LogP contribution in [-0.4, -0.2) is 18.3 Å². The highest BCUT2D eigenvalue weighted by atomic mass is 79.9. The predicted molar refractivity (Wildman–Crippen MR) is 86.6 cm³/mol. The van der Waals surface area contributed by atoms with Gasteiger partial charge in [0.25, 0.3) is 0 Å². The molecule has 0 radical (unpaired) electrons. The Balaban J connectivity index is 2.30. The van der Waals surface area contributed by atoms with Crippen molar-refractivity contribution in [2.75, 3.05) is 18.1 Å². The van der Waals surface area contributed by atoms with E-state index in [1.54, 1.807) is 0 Å². The number of nitrogens with zero attached hydrogens (tertiary/aromatic N) is 1. The van der Waals surface area contributed by atoms with E-state index in [0.29, 0.717) is 13.1 Å². The van der Waals surface area contributed by atoms with Crippen molar-refractivity contribution >= 4 is 21.6 Å². The Morgan fingerprint density at radius 2 is 1.85 bits per heavy atom. The fraction of sp³-hybridized carbons (Fsp3) is 0.250. The molecule has 0 aliphatic heterocycles. The minimum atomic E-state index is 0.114. The Kier molecular flexibility index (Phi) is 5.59. The molecule has 3 nitrogen and oxygen atoms in total. The number of aliphatic hydroxyl groups is 1. The third-order valence-corrected chi connectivity index (χ3v) is 3.69. The van der Waals surface area contributed by atoms with Gasteiger partial charge in [0.1, 0.15) is 0 Å². The summed E-state index contributed by atoms with van der Waals surface area (Å²) in [6, 6.07) is 16.3. The van der Waals surface area contributed by atoms with Gasteiger partial charge in [0.05, 0.1) is 6.61 Å². The molecule has 2 aromatic rings. The Bertz CT molecular complexity index is 545. The van der Waals surface area contributed by atoms with Crippen molar-refractivity contribution in [2.24, 2.45) is 5.73 Å². The second-order valence-electron chi connectivity index (χ2n) is 4.61. The second-order valence-corrected chi connectivity index (χ2v) is 5.52. The van der Waals surface area contributed by atoms with Crippen molar-refractivity contribution in [1.82, 2.24) is 0 Å². The molecule has 0 spiro atoms. The molecule has 0 atom stereocenters. The lowest BCUT2D eigenvalue weighted by atomic mass is 10.1. The first-order valence-corrected chi connectivity index (χ1v) is 7.42. The highest BCUT2D eigenvalue weighted by molar-refractivity contribution is 9.10. The molecular formula is C16H19BrN2O. The third-order valence-electron chi connectivity index (χ3n) is 3.19. The van der Waals surface area contributed by atoms with Gasteiger partial charge in [-0.15, -0.1) is 0 Å². The van der Waals surface area contributed by atoms with E-state index >= 15 is 0 Å². The lowest BCUT2D eigenvalue weighted by Gasteiger charge is -2.26. The zero-order valence-electron chi connectivity index (χ0n) is 11.3. The number of anilines is 1. The highest BCUT2D eigenvalue weighted by Crippen LogP contribution is 2.26. The number of aliphatic hydroxyl groups excluding tert-OH is 1.